The van der Waals surface area contributed by atoms with Gasteiger partial charge in [-0.2, -0.15) is 4.79 Å². The molecule has 0 rings (SSSR count). The Hall–Kier alpha value is -1.72. The fraction of sp³-hybridized carbons (Fsp3) is 0.700. The molecule has 2 unspecified atom stereocenters. The van der Waals surface area contributed by atoms with Crippen LogP contribution in [0.3, 0.4) is 0 Å². The largest absolute Gasteiger partial charge is 0.465 e. The summed E-state index contributed by atoms with van der Waals surface area (Å²) in [6.07, 6.45) is -1.39. The topological polar surface area (TPSA) is 112 Å². The second-order valence-corrected chi connectivity index (χ2v) is 4.51. The summed E-state index contributed by atoms with van der Waals surface area (Å²) in [5.74, 6) is -0.674. The predicted molar refractivity (Wildman–Crippen MR) is 59.9 cm³/mol. The molecule has 2 N–H and O–H groups in total. The van der Waals surface area contributed by atoms with Crippen molar-refractivity contribution in [2.24, 2.45) is 0 Å². The normalized spacial score (nSPS) is 14.4. The van der Waals surface area contributed by atoms with Crippen molar-refractivity contribution in [2.45, 2.75) is 45.4 Å². The molecule has 0 aromatic heterocycles. The molecule has 0 heterocycles. The smallest absolute Gasteiger partial charge is 0.405 e. The van der Waals surface area contributed by atoms with Crippen molar-refractivity contribution in [3.63, 3.8) is 0 Å². The van der Waals surface area contributed by atoms with Gasteiger partial charge in [-0.1, -0.05) is 0 Å². The first-order chi connectivity index (χ1) is 7.67. The Morgan fingerprint density at radius 1 is 1.47 bits per heavy atom. The van der Waals surface area contributed by atoms with E-state index in [0.717, 1.165) is 0 Å². The average molecular weight is 243 g/mol. The van der Waals surface area contributed by atoms with Gasteiger partial charge in [0.05, 0.1) is 11.7 Å². The summed E-state index contributed by atoms with van der Waals surface area (Å²) in [6.45, 7) is 6.92. The molecule has 0 fully saturated rings. The van der Waals surface area contributed by atoms with Gasteiger partial charge in [0, 0.05) is 0 Å². The first kappa shape index (κ1) is 15.3. The summed E-state index contributed by atoms with van der Waals surface area (Å²) in [5, 5.41) is 10.6. The zero-order valence-corrected chi connectivity index (χ0v) is 10.3. The quantitative estimate of drug-likeness (QED) is 0.420. The molecular formula is C10H17N3O4. The lowest BCUT2D eigenvalue weighted by Crippen LogP contribution is -2.50. The van der Waals surface area contributed by atoms with E-state index in [1.807, 2.05) is 5.32 Å². The molecule has 0 bridgehead atoms. The summed E-state index contributed by atoms with van der Waals surface area (Å²) >= 11 is 0. The summed E-state index contributed by atoms with van der Waals surface area (Å²) in [7, 11) is 0. The Kier molecular flexibility index (Phi) is 5.50. The van der Waals surface area contributed by atoms with Gasteiger partial charge in [0.1, 0.15) is 6.04 Å². The van der Waals surface area contributed by atoms with Crippen molar-refractivity contribution in [2.75, 3.05) is 0 Å². The number of carbonyl (C=O) groups excluding carboxylic acids is 1. The highest BCUT2D eigenvalue weighted by molar-refractivity contribution is 6.28. The maximum atomic E-state index is 11.5. The van der Waals surface area contributed by atoms with Crippen LogP contribution in [0.4, 0.5) is 4.79 Å². The van der Waals surface area contributed by atoms with Crippen LogP contribution in [0.1, 0.15) is 27.7 Å². The Morgan fingerprint density at radius 3 is 2.35 bits per heavy atom. The predicted octanol–water partition coefficient (Wildman–Crippen LogP) is 0.696. The van der Waals surface area contributed by atoms with Crippen molar-refractivity contribution in [3.8, 4) is 0 Å². The minimum absolute atomic E-state index is 0.519. The number of rotatable bonds is 5. The number of hydrogen-bond donors (Lipinski definition) is 2. The zero-order valence-electron chi connectivity index (χ0n) is 10.3. The van der Waals surface area contributed by atoms with Crippen molar-refractivity contribution >= 4 is 18.1 Å². The highest BCUT2D eigenvalue weighted by Gasteiger charge is 2.31. The molecule has 7 heteroatoms. The fourth-order valence-corrected chi connectivity index (χ4v) is 1.32. The van der Waals surface area contributed by atoms with Crippen LogP contribution in [0.15, 0.2) is 0 Å². The molecule has 2 atom stereocenters. The Morgan fingerprint density at radius 2 is 2.00 bits per heavy atom. The third-order valence-corrected chi connectivity index (χ3v) is 1.78. The van der Waals surface area contributed by atoms with Gasteiger partial charge in [0.25, 0.3) is 5.78 Å². The van der Waals surface area contributed by atoms with E-state index in [0.29, 0.717) is 6.21 Å². The van der Waals surface area contributed by atoms with Crippen LogP contribution >= 0.6 is 0 Å². The molecule has 0 aliphatic carbocycles. The number of amides is 1. The second kappa shape index (κ2) is 6.12. The SMILES string of the molecule is CC(OC(C)(C)C)C(NC(=O)O)C(=O)C=[N+]=[N-]. The van der Waals surface area contributed by atoms with Crippen LogP contribution in [0.25, 0.3) is 5.53 Å². The number of hydrogen-bond acceptors (Lipinski definition) is 3. The molecule has 0 radical (unpaired) electrons. The molecule has 0 saturated heterocycles. The van der Waals surface area contributed by atoms with Gasteiger partial charge >= 0.3 is 12.3 Å². The molecule has 0 saturated carbocycles. The minimum atomic E-state index is -1.35. The van der Waals surface area contributed by atoms with E-state index in [4.69, 9.17) is 15.4 Å². The number of nitrogens with one attached hydrogen (secondary N) is 1. The van der Waals surface area contributed by atoms with E-state index in [-0.39, 0.29) is 0 Å². The lowest BCUT2D eigenvalue weighted by molar-refractivity contribution is -0.125. The van der Waals surface area contributed by atoms with Crippen LogP contribution in [0.5, 0.6) is 0 Å². The fourth-order valence-electron chi connectivity index (χ4n) is 1.32. The van der Waals surface area contributed by atoms with Crippen molar-refractivity contribution in [3.05, 3.63) is 5.53 Å². The minimum Gasteiger partial charge on any atom is -0.465 e. The third-order valence-electron chi connectivity index (χ3n) is 1.78. The van der Waals surface area contributed by atoms with Gasteiger partial charge in [-0.15, -0.1) is 0 Å². The molecule has 96 valence electrons. The lowest BCUT2D eigenvalue weighted by atomic mass is 10.1. The van der Waals surface area contributed by atoms with Crippen LogP contribution in [-0.4, -0.2) is 45.7 Å². The first-order valence-electron chi connectivity index (χ1n) is 5.06. The number of ether oxygens (including phenoxy) is 1. The second-order valence-electron chi connectivity index (χ2n) is 4.51. The molecular weight excluding hydrogens is 226 g/mol. The van der Waals surface area contributed by atoms with Gasteiger partial charge in [0.15, 0.2) is 0 Å². The van der Waals surface area contributed by atoms with Gasteiger partial charge in [0.2, 0.25) is 0 Å². The molecule has 0 aliphatic rings. The van der Waals surface area contributed by atoms with Gasteiger partial charge in [-0.25, -0.2) is 4.79 Å². The van der Waals surface area contributed by atoms with E-state index in [1.165, 1.54) is 0 Å². The molecule has 0 aromatic carbocycles. The number of Topliss-reactive ketones (excluding diaryl/α,β-unsaturated/α-hetero) is 1. The highest BCUT2D eigenvalue weighted by atomic mass is 16.5. The van der Waals surface area contributed by atoms with Crippen molar-refractivity contribution in [1.82, 2.24) is 5.32 Å². The van der Waals surface area contributed by atoms with Crippen LogP contribution in [0, 0.1) is 0 Å². The Bertz CT molecular complexity index is 342. The molecule has 17 heavy (non-hydrogen) atoms. The van der Waals surface area contributed by atoms with Crippen LogP contribution in [0.2, 0.25) is 0 Å². The summed E-state index contributed by atoms with van der Waals surface area (Å²) < 4.78 is 5.48. The molecule has 0 aromatic rings. The van der Waals surface area contributed by atoms with Crippen LogP contribution in [-0.2, 0) is 9.53 Å². The average Bonchev–Trinajstić information content (AvgIpc) is 2.11. The van der Waals surface area contributed by atoms with E-state index in [2.05, 4.69) is 4.79 Å². The summed E-state index contributed by atoms with van der Waals surface area (Å²) in [5.41, 5.74) is 7.75. The van der Waals surface area contributed by atoms with E-state index in [9.17, 15) is 9.59 Å². The van der Waals surface area contributed by atoms with Crippen molar-refractivity contribution < 1.29 is 24.2 Å². The number of carboxylic acid groups (broad SMARTS) is 1. The van der Waals surface area contributed by atoms with Crippen molar-refractivity contribution in [1.29, 1.82) is 0 Å². The number of ketones is 1. The van der Waals surface area contributed by atoms with E-state index >= 15 is 0 Å². The highest BCUT2D eigenvalue weighted by Crippen LogP contribution is 2.13. The maximum absolute atomic E-state index is 11.5. The molecule has 0 spiro atoms. The third kappa shape index (κ3) is 6.44. The molecule has 7 nitrogen and oxygen atoms in total. The summed E-state index contributed by atoms with van der Waals surface area (Å²) in [6, 6.07) is -1.11. The monoisotopic (exact) mass is 243 g/mol. The van der Waals surface area contributed by atoms with E-state index < -0.39 is 29.6 Å². The van der Waals surface area contributed by atoms with Gasteiger partial charge in [-0.3, -0.25) is 4.79 Å². The number of carbonyl (C=O) groups is 2. The Balaban J connectivity index is 4.84. The Labute approximate surface area is 99.4 Å². The number of nitrogens with zero attached hydrogens (tertiary/aromatic N) is 2. The van der Waals surface area contributed by atoms with E-state index in [1.54, 1.807) is 27.7 Å². The van der Waals surface area contributed by atoms with Crippen LogP contribution < -0.4 is 5.32 Å². The standard InChI is InChI=1S/C10H17N3O4/c1-6(17-10(2,3)4)8(13-9(15)16)7(14)5-12-11/h5-6,8,13H,1-4H3,(H,15,16). The zero-order chi connectivity index (χ0) is 13.6. The lowest BCUT2D eigenvalue weighted by Gasteiger charge is -2.28. The molecule has 1 amide bonds. The van der Waals surface area contributed by atoms with Gasteiger partial charge < -0.3 is 20.7 Å². The first-order valence-corrected chi connectivity index (χ1v) is 5.06. The van der Waals surface area contributed by atoms with Gasteiger partial charge in [-0.05, 0) is 27.7 Å². The summed E-state index contributed by atoms with van der Waals surface area (Å²) in [4.78, 5) is 24.6. The maximum Gasteiger partial charge on any atom is 0.405 e. The molecule has 0 aliphatic heterocycles.